The van der Waals surface area contributed by atoms with Crippen LogP contribution in [-0.4, -0.2) is 29.4 Å². The van der Waals surface area contributed by atoms with Gasteiger partial charge in [0.2, 0.25) is 11.8 Å². The standard InChI is InChI=1S/C16H21FN2O3/c1-9-8-22-13-6-10(14(18)20)5-12(17)11(13)7-19(9)15(21)16(2,3)4/h5-6,9H,7-8H2,1-4H3,(H2,18,20)/t9-/m0/s1. The largest absolute Gasteiger partial charge is 0.491 e. The Hall–Kier alpha value is -2.11. The van der Waals surface area contributed by atoms with Crippen LogP contribution in [0.5, 0.6) is 5.75 Å². The Morgan fingerprint density at radius 2 is 2.00 bits per heavy atom. The van der Waals surface area contributed by atoms with E-state index in [1.54, 1.807) is 4.90 Å². The molecule has 2 rings (SSSR count). The first-order valence-corrected chi connectivity index (χ1v) is 7.17. The van der Waals surface area contributed by atoms with Gasteiger partial charge in [0.1, 0.15) is 18.2 Å². The highest BCUT2D eigenvalue weighted by molar-refractivity contribution is 5.93. The third-order valence-corrected chi connectivity index (χ3v) is 3.68. The molecule has 1 heterocycles. The van der Waals surface area contributed by atoms with Gasteiger partial charge in [0.15, 0.2) is 0 Å². The zero-order chi connectivity index (χ0) is 16.7. The Kier molecular flexibility index (Phi) is 4.13. The van der Waals surface area contributed by atoms with E-state index in [-0.39, 0.29) is 42.0 Å². The molecule has 0 saturated carbocycles. The summed E-state index contributed by atoms with van der Waals surface area (Å²) in [7, 11) is 0. The highest BCUT2D eigenvalue weighted by Crippen LogP contribution is 2.31. The van der Waals surface area contributed by atoms with Gasteiger partial charge >= 0.3 is 0 Å². The van der Waals surface area contributed by atoms with Crippen LogP contribution >= 0.6 is 0 Å². The Balaban J connectivity index is 2.44. The van der Waals surface area contributed by atoms with E-state index >= 15 is 0 Å². The molecule has 2 amide bonds. The van der Waals surface area contributed by atoms with Crippen LogP contribution in [0.2, 0.25) is 0 Å². The average molecular weight is 308 g/mol. The van der Waals surface area contributed by atoms with Crippen molar-refractivity contribution >= 4 is 11.8 Å². The van der Waals surface area contributed by atoms with Crippen LogP contribution in [-0.2, 0) is 11.3 Å². The molecule has 0 fully saturated rings. The Labute approximate surface area is 129 Å². The number of primary amides is 1. The number of benzene rings is 1. The second-order valence-electron chi connectivity index (χ2n) is 6.64. The van der Waals surface area contributed by atoms with Gasteiger partial charge in [-0.15, -0.1) is 0 Å². The quantitative estimate of drug-likeness (QED) is 0.863. The van der Waals surface area contributed by atoms with Gasteiger partial charge in [0, 0.05) is 16.5 Å². The molecule has 1 aromatic rings. The Bertz CT molecular complexity index is 623. The van der Waals surface area contributed by atoms with Crippen LogP contribution in [0.15, 0.2) is 12.1 Å². The molecule has 1 aliphatic heterocycles. The van der Waals surface area contributed by atoms with Crippen molar-refractivity contribution in [1.82, 2.24) is 4.90 Å². The van der Waals surface area contributed by atoms with E-state index in [2.05, 4.69) is 0 Å². The number of carbonyl (C=O) groups excluding carboxylic acids is 2. The predicted octanol–water partition coefficient (Wildman–Crippen LogP) is 2.08. The summed E-state index contributed by atoms with van der Waals surface area (Å²) in [5.41, 5.74) is 4.95. The minimum atomic E-state index is -0.717. The van der Waals surface area contributed by atoms with Crippen molar-refractivity contribution < 1.29 is 18.7 Å². The van der Waals surface area contributed by atoms with Crippen molar-refractivity contribution in [1.29, 1.82) is 0 Å². The summed E-state index contributed by atoms with van der Waals surface area (Å²) in [6.07, 6.45) is 0. The molecule has 1 atom stereocenters. The lowest BCUT2D eigenvalue weighted by atomic mass is 9.93. The lowest BCUT2D eigenvalue weighted by molar-refractivity contribution is -0.142. The lowest BCUT2D eigenvalue weighted by Crippen LogP contribution is -2.45. The smallest absolute Gasteiger partial charge is 0.248 e. The molecule has 6 heteroatoms. The third-order valence-electron chi connectivity index (χ3n) is 3.68. The fraction of sp³-hybridized carbons (Fsp3) is 0.500. The zero-order valence-electron chi connectivity index (χ0n) is 13.3. The van der Waals surface area contributed by atoms with E-state index in [1.807, 2.05) is 27.7 Å². The number of hydrogen-bond donors (Lipinski definition) is 1. The number of fused-ring (bicyclic) bond motifs is 1. The lowest BCUT2D eigenvalue weighted by Gasteiger charge is -2.32. The minimum Gasteiger partial charge on any atom is -0.491 e. The number of hydrogen-bond acceptors (Lipinski definition) is 3. The van der Waals surface area contributed by atoms with Gasteiger partial charge in [0.25, 0.3) is 0 Å². The summed E-state index contributed by atoms with van der Waals surface area (Å²) >= 11 is 0. The molecule has 0 spiro atoms. The minimum absolute atomic E-state index is 0.0551. The van der Waals surface area contributed by atoms with Crippen LogP contribution in [0.4, 0.5) is 4.39 Å². The van der Waals surface area contributed by atoms with Crippen molar-refractivity contribution in [3.05, 3.63) is 29.1 Å². The predicted molar refractivity (Wildman–Crippen MR) is 79.9 cm³/mol. The molecule has 0 aliphatic carbocycles. The van der Waals surface area contributed by atoms with Gasteiger partial charge in [-0.1, -0.05) is 20.8 Å². The topological polar surface area (TPSA) is 72.6 Å². The summed E-state index contributed by atoms with van der Waals surface area (Å²) < 4.78 is 19.9. The number of ether oxygens (including phenoxy) is 1. The molecular formula is C16H21FN2O3. The number of halogens is 1. The molecule has 0 unspecified atom stereocenters. The molecule has 5 nitrogen and oxygen atoms in total. The molecule has 0 bridgehead atoms. The molecule has 22 heavy (non-hydrogen) atoms. The fourth-order valence-electron chi connectivity index (χ4n) is 2.37. The highest BCUT2D eigenvalue weighted by atomic mass is 19.1. The number of nitrogens with two attached hydrogens (primary N) is 1. The SMILES string of the molecule is C[C@H]1COc2cc(C(N)=O)cc(F)c2CN1C(=O)C(C)(C)C. The third kappa shape index (κ3) is 3.05. The van der Waals surface area contributed by atoms with Crippen LogP contribution < -0.4 is 10.5 Å². The van der Waals surface area contributed by atoms with Crippen molar-refractivity contribution in [2.24, 2.45) is 11.1 Å². The number of nitrogens with zero attached hydrogens (tertiary/aromatic N) is 1. The number of rotatable bonds is 1. The van der Waals surface area contributed by atoms with Gasteiger partial charge < -0.3 is 15.4 Å². The Morgan fingerprint density at radius 3 is 2.55 bits per heavy atom. The maximum absolute atomic E-state index is 14.3. The van der Waals surface area contributed by atoms with Crippen LogP contribution in [0.3, 0.4) is 0 Å². The first-order chi connectivity index (χ1) is 10.1. The fourth-order valence-corrected chi connectivity index (χ4v) is 2.37. The van der Waals surface area contributed by atoms with Crippen LogP contribution in [0.25, 0.3) is 0 Å². The van der Waals surface area contributed by atoms with Gasteiger partial charge in [-0.25, -0.2) is 4.39 Å². The van der Waals surface area contributed by atoms with Gasteiger partial charge in [-0.3, -0.25) is 9.59 Å². The van der Waals surface area contributed by atoms with E-state index < -0.39 is 17.1 Å². The van der Waals surface area contributed by atoms with E-state index in [4.69, 9.17) is 10.5 Å². The monoisotopic (exact) mass is 308 g/mol. The van der Waals surface area contributed by atoms with Crippen LogP contribution in [0, 0.1) is 11.2 Å². The highest BCUT2D eigenvalue weighted by Gasteiger charge is 2.34. The van der Waals surface area contributed by atoms with E-state index in [0.717, 1.165) is 6.07 Å². The average Bonchev–Trinajstić information content (AvgIpc) is 2.57. The molecule has 0 radical (unpaired) electrons. The normalized spacial score (nSPS) is 18.2. The van der Waals surface area contributed by atoms with Gasteiger partial charge in [0.05, 0.1) is 12.6 Å². The number of amides is 2. The molecular weight excluding hydrogens is 287 g/mol. The van der Waals surface area contributed by atoms with Gasteiger partial charge in [-0.05, 0) is 19.1 Å². The molecule has 120 valence electrons. The van der Waals surface area contributed by atoms with Crippen molar-refractivity contribution in [3.8, 4) is 5.75 Å². The molecule has 1 aromatic carbocycles. The van der Waals surface area contributed by atoms with E-state index in [0.29, 0.717) is 0 Å². The first-order valence-electron chi connectivity index (χ1n) is 7.17. The molecule has 0 saturated heterocycles. The summed E-state index contributed by atoms with van der Waals surface area (Å²) in [5.74, 6) is -1.11. The maximum Gasteiger partial charge on any atom is 0.248 e. The zero-order valence-corrected chi connectivity index (χ0v) is 13.3. The summed E-state index contributed by atoms with van der Waals surface area (Å²) in [6, 6.07) is 2.31. The van der Waals surface area contributed by atoms with E-state index in [1.165, 1.54) is 6.07 Å². The van der Waals surface area contributed by atoms with Gasteiger partial charge in [-0.2, -0.15) is 0 Å². The molecule has 0 aromatic heterocycles. The van der Waals surface area contributed by atoms with Crippen molar-refractivity contribution in [3.63, 3.8) is 0 Å². The second kappa shape index (κ2) is 5.59. The van der Waals surface area contributed by atoms with Crippen molar-refractivity contribution in [2.45, 2.75) is 40.3 Å². The van der Waals surface area contributed by atoms with Crippen LogP contribution in [0.1, 0.15) is 43.6 Å². The first kappa shape index (κ1) is 16.3. The molecule has 2 N–H and O–H groups in total. The summed E-state index contributed by atoms with van der Waals surface area (Å²) in [5, 5.41) is 0. The second-order valence-corrected chi connectivity index (χ2v) is 6.64. The maximum atomic E-state index is 14.3. The van der Waals surface area contributed by atoms with Crippen molar-refractivity contribution in [2.75, 3.05) is 6.61 Å². The summed E-state index contributed by atoms with van der Waals surface area (Å²) in [4.78, 5) is 25.4. The summed E-state index contributed by atoms with van der Waals surface area (Å²) in [6.45, 7) is 7.65. The molecule has 1 aliphatic rings. The van der Waals surface area contributed by atoms with E-state index in [9.17, 15) is 14.0 Å². The Morgan fingerprint density at radius 1 is 1.36 bits per heavy atom. The number of carbonyl (C=O) groups is 2.